The van der Waals surface area contributed by atoms with Crippen molar-refractivity contribution >= 4 is 6.09 Å². The van der Waals surface area contributed by atoms with Crippen LogP contribution in [0, 0.1) is 29.1 Å². The van der Waals surface area contributed by atoms with E-state index in [0.717, 1.165) is 12.0 Å². The number of hydrogen-bond donors (Lipinski definition) is 1. The maximum absolute atomic E-state index is 14.2. The second-order valence-electron chi connectivity index (χ2n) is 8.54. The average Bonchev–Trinajstić information content (AvgIpc) is 2.78. The molecule has 2 saturated heterocycles. The summed E-state index contributed by atoms with van der Waals surface area (Å²) >= 11 is 0. The molecule has 32 heavy (non-hydrogen) atoms. The molecule has 2 aliphatic rings. The number of nitrogens with zero attached hydrogens (tertiary/aromatic N) is 1. The van der Waals surface area contributed by atoms with E-state index in [1.54, 1.807) is 4.90 Å². The molecule has 4 rings (SSSR count). The van der Waals surface area contributed by atoms with Crippen LogP contribution in [-0.2, 0) is 17.8 Å². The van der Waals surface area contributed by atoms with Crippen molar-refractivity contribution < 1.29 is 36.6 Å². The summed E-state index contributed by atoms with van der Waals surface area (Å²) in [6, 6.07) is 8.18. The Morgan fingerprint density at radius 3 is 2.03 bits per heavy atom. The second-order valence-corrected chi connectivity index (χ2v) is 8.54. The van der Waals surface area contributed by atoms with E-state index in [1.165, 1.54) is 0 Å². The average molecular weight is 455 g/mol. The van der Waals surface area contributed by atoms with Gasteiger partial charge in [-0.05, 0) is 37.7 Å². The van der Waals surface area contributed by atoms with Crippen LogP contribution in [0.2, 0.25) is 0 Å². The number of fused-ring (bicyclic) bond motifs is 2. The van der Waals surface area contributed by atoms with E-state index in [2.05, 4.69) is 0 Å². The highest BCUT2D eigenvalue weighted by Crippen LogP contribution is 2.42. The summed E-state index contributed by atoms with van der Waals surface area (Å²) in [5.41, 5.74) is -1.95. The number of amides is 1. The first kappa shape index (κ1) is 22.5. The van der Waals surface area contributed by atoms with Gasteiger partial charge in [-0.3, -0.25) is 0 Å². The van der Waals surface area contributed by atoms with E-state index in [-0.39, 0.29) is 19.4 Å². The molecule has 2 unspecified atom stereocenters. The highest BCUT2D eigenvalue weighted by atomic mass is 19.2. The molecule has 2 bridgehead atoms. The summed E-state index contributed by atoms with van der Waals surface area (Å²) in [6.07, 6.45) is 0.469. The smallest absolute Gasteiger partial charge is 0.410 e. The minimum Gasteiger partial charge on any atom is -0.445 e. The van der Waals surface area contributed by atoms with Crippen LogP contribution in [-0.4, -0.2) is 33.8 Å². The lowest BCUT2D eigenvalue weighted by atomic mass is 9.73. The van der Waals surface area contributed by atoms with E-state index < -0.39 is 64.8 Å². The summed E-state index contributed by atoms with van der Waals surface area (Å²) in [4.78, 5) is 14.3. The molecule has 1 N–H and O–H groups in total. The van der Waals surface area contributed by atoms with Crippen molar-refractivity contribution in [2.75, 3.05) is 0 Å². The lowest BCUT2D eigenvalue weighted by molar-refractivity contribution is -0.0853. The Morgan fingerprint density at radius 1 is 0.938 bits per heavy atom. The fraction of sp³-hybridized carbons (Fsp3) is 0.435. The third-order valence-electron chi connectivity index (χ3n) is 6.32. The molecule has 172 valence electrons. The molecule has 2 atom stereocenters. The third-order valence-corrected chi connectivity index (χ3v) is 6.32. The maximum Gasteiger partial charge on any atom is 0.410 e. The van der Waals surface area contributed by atoms with Gasteiger partial charge < -0.3 is 14.7 Å². The minimum atomic E-state index is -2.23. The largest absolute Gasteiger partial charge is 0.445 e. The zero-order valence-electron chi connectivity index (χ0n) is 17.1. The van der Waals surface area contributed by atoms with Crippen LogP contribution < -0.4 is 0 Å². The third kappa shape index (κ3) is 4.18. The van der Waals surface area contributed by atoms with Gasteiger partial charge in [0, 0.05) is 24.1 Å². The number of aliphatic hydroxyl groups is 1. The highest BCUT2D eigenvalue weighted by Gasteiger charge is 2.48. The van der Waals surface area contributed by atoms with Crippen LogP contribution >= 0.6 is 0 Å². The predicted octanol–water partition coefficient (Wildman–Crippen LogP) is 5.01. The summed E-state index contributed by atoms with van der Waals surface area (Å²) in [5.74, 6) is -10.2. The lowest BCUT2D eigenvalue weighted by Crippen LogP contribution is -2.60. The van der Waals surface area contributed by atoms with Gasteiger partial charge in [-0.25, -0.2) is 26.7 Å². The highest BCUT2D eigenvalue weighted by molar-refractivity contribution is 5.69. The van der Waals surface area contributed by atoms with E-state index in [4.69, 9.17) is 4.74 Å². The number of carbonyl (C=O) groups is 1. The van der Waals surface area contributed by atoms with E-state index in [1.807, 2.05) is 30.3 Å². The zero-order valence-corrected chi connectivity index (χ0v) is 17.1. The molecule has 2 aliphatic heterocycles. The molecule has 2 heterocycles. The Labute approximate surface area is 181 Å². The molecule has 4 nitrogen and oxygen atoms in total. The second kappa shape index (κ2) is 8.69. The molecule has 0 radical (unpaired) electrons. The number of rotatable bonds is 4. The van der Waals surface area contributed by atoms with Crippen LogP contribution in [0.5, 0.6) is 0 Å². The molecule has 0 spiro atoms. The number of benzene rings is 2. The zero-order chi connectivity index (χ0) is 23.0. The van der Waals surface area contributed by atoms with Gasteiger partial charge in [0.25, 0.3) is 0 Å². The van der Waals surface area contributed by atoms with Gasteiger partial charge in [0.05, 0.1) is 5.60 Å². The normalized spacial score (nSPS) is 25.0. The monoisotopic (exact) mass is 455 g/mol. The Hall–Kier alpha value is -2.68. The molecule has 2 fully saturated rings. The standard InChI is InChI=1S/C23H22F5NO3/c24-17-16(18(25)20(27)21(28)19(17)26)11-23(31)9-14-7-4-8-15(10-23)29(14)22(30)32-12-13-5-2-1-3-6-13/h1-3,5-6,14-15,31H,4,7-12H2. The number of carbonyl (C=O) groups excluding carboxylic acids is 1. The van der Waals surface area contributed by atoms with Crippen LogP contribution in [0.4, 0.5) is 26.7 Å². The molecule has 0 aromatic heterocycles. The molecule has 9 heteroatoms. The molecular weight excluding hydrogens is 433 g/mol. The Morgan fingerprint density at radius 2 is 1.47 bits per heavy atom. The molecule has 2 aromatic rings. The maximum atomic E-state index is 14.2. The lowest BCUT2D eigenvalue weighted by Gasteiger charge is -2.51. The molecule has 1 amide bonds. The Balaban J connectivity index is 1.51. The molecule has 0 aliphatic carbocycles. The number of ether oxygens (including phenoxy) is 1. The van der Waals surface area contributed by atoms with Crippen LogP contribution in [0.15, 0.2) is 30.3 Å². The first-order valence-electron chi connectivity index (χ1n) is 10.4. The molecule has 2 aromatic carbocycles. The summed E-state index contributed by atoms with van der Waals surface area (Å²) in [5, 5.41) is 11.1. The van der Waals surface area contributed by atoms with Crippen molar-refractivity contribution in [2.24, 2.45) is 0 Å². The number of hydrogen-bond acceptors (Lipinski definition) is 3. The van der Waals surface area contributed by atoms with Crippen molar-refractivity contribution in [3.63, 3.8) is 0 Å². The van der Waals surface area contributed by atoms with Crippen LogP contribution in [0.1, 0.15) is 43.2 Å². The van der Waals surface area contributed by atoms with Gasteiger partial charge in [-0.15, -0.1) is 0 Å². The number of halogens is 5. The Bertz CT molecular complexity index is 973. The molecule has 0 saturated carbocycles. The van der Waals surface area contributed by atoms with Crippen molar-refractivity contribution in [2.45, 2.75) is 62.8 Å². The van der Waals surface area contributed by atoms with Gasteiger partial charge in [-0.1, -0.05) is 30.3 Å². The number of piperidine rings is 2. The quantitative estimate of drug-likeness (QED) is 0.401. The van der Waals surface area contributed by atoms with E-state index in [0.29, 0.717) is 12.8 Å². The molecular formula is C23H22F5NO3. The first-order chi connectivity index (χ1) is 15.2. The van der Waals surface area contributed by atoms with Gasteiger partial charge in [0.2, 0.25) is 5.82 Å². The van der Waals surface area contributed by atoms with Gasteiger partial charge in [0.15, 0.2) is 23.3 Å². The van der Waals surface area contributed by atoms with Crippen LogP contribution in [0.3, 0.4) is 0 Å². The van der Waals surface area contributed by atoms with Gasteiger partial charge in [0.1, 0.15) is 6.61 Å². The summed E-state index contributed by atoms with van der Waals surface area (Å²) in [6.45, 7) is 0.0738. The Kier molecular flexibility index (Phi) is 6.11. The van der Waals surface area contributed by atoms with Crippen molar-refractivity contribution in [3.05, 3.63) is 70.5 Å². The predicted molar refractivity (Wildman–Crippen MR) is 104 cm³/mol. The summed E-state index contributed by atoms with van der Waals surface area (Å²) in [7, 11) is 0. The van der Waals surface area contributed by atoms with Crippen molar-refractivity contribution in [1.82, 2.24) is 4.90 Å². The van der Waals surface area contributed by atoms with E-state index >= 15 is 0 Å². The minimum absolute atomic E-state index is 0.0522. The summed E-state index contributed by atoms with van der Waals surface area (Å²) < 4.78 is 74.3. The topological polar surface area (TPSA) is 49.8 Å². The first-order valence-corrected chi connectivity index (χ1v) is 10.4. The van der Waals surface area contributed by atoms with E-state index in [9.17, 15) is 31.9 Å². The van der Waals surface area contributed by atoms with Gasteiger partial charge >= 0.3 is 6.09 Å². The fourth-order valence-corrected chi connectivity index (χ4v) is 4.90. The van der Waals surface area contributed by atoms with Crippen molar-refractivity contribution in [3.8, 4) is 0 Å². The van der Waals surface area contributed by atoms with Crippen LogP contribution in [0.25, 0.3) is 0 Å². The fourth-order valence-electron chi connectivity index (χ4n) is 4.90. The van der Waals surface area contributed by atoms with Crippen molar-refractivity contribution in [1.29, 1.82) is 0 Å². The SMILES string of the molecule is O=C(OCc1ccccc1)N1C2CCCC1CC(O)(Cc1c(F)c(F)c(F)c(F)c1F)C2. The van der Waals surface area contributed by atoms with Gasteiger partial charge in [-0.2, -0.15) is 0 Å².